The van der Waals surface area contributed by atoms with E-state index in [9.17, 15) is 19.2 Å². The highest BCUT2D eigenvalue weighted by atomic mass is 35.5. The van der Waals surface area contributed by atoms with Crippen molar-refractivity contribution in [3.8, 4) is 5.75 Å². The maximum absolute atomic E-state index is 12.5. The average molecular weight is 703 g/mol. The molecule has 0 saturated heterocycles. The Morgan fingerprint density at radius 3 is 2.39 bits per heavy atom. The topological polar surface area (TPSA) is 129 Å². The summed E-state index contributed by atoms with van der Waals surface area (Å²) in [7, 11) is 2.83. The van der Waals surface area contributed by atoms with Crippen LogP contribution in [0.15, 0.2) is 66.3 Å². The standard InChI is InChI=1S/C28H37ClN2O4.C10H18O4/c1-5-30-28(33)25(19-22-16-17-26(34-4)24(29)18-22)31-27(32)15-11-10-12-20(2)35-21(3)23-13-8-6-7-9-14-23;1-5-9(11)14-8(6-7(2)3)10(12)13-4/h6,8-9,11,13-18,20-21,25H,5,7,10,12,19H2,1-4H3,(H,30,33)(H,31,32);7-8H,5-6H2,1-4H3/b15-11+;/t20-,21-,25+;8-/m00/s1. The number of hydrogen-bond donors (Lipinski definition) is 2. The lowest BCUT2D eigenvalue weighted by molar-refractivity contribution is -0.166. The van der Waals surface area contributed by atoms with Crippen molar-refractivity contribution in [2.45, 2.75) is 104 Å². The average Bonchev–Trinajstić information content (AvgIpc) is 3.36. The molecule has 11 heteroatoms. The van der Waals surface area contributed by atoms with Crippen LogP contribution in [-0.4, -0.2) is 68.9 Å². The minimum absolute atomic E-state index is 0.000530. The van der Waals surface area contributed by atoms with Gasteiger partial charge in [-0.15, -0.1) is 0 Å². The van der Waals surface area contributed by atoms with Crippen LogP contribution in [-0.2, 0) is 39.8 Å². The predicted molar refractivity (Wildman–Crippen MR) is 193 cm³/mol. The maximum Gasteiger partial charge on any atom is 0.347 e. The number of amides is 2. The largest absolute Gasteiger partial charge is 0.495 e. The molecule has 2 N–H and O–H groups in total. The Kier molecular flexibility index (Phi) is 21.4. The molecule has 1 aliphatic carbocycles. The predicted octanol–water partition coefficient (Wildman–Crippen LogP) is 6.61. The number of rotatable bonds is 18. The Labute approximate surface area is 297 Å². The van der Waals surface area contributed by atoms with Crippen molar-refractivity contribution in [1.82, 2.24) is 10.6 Å². The summed E-state index contributed by atoms with van der Waals surface area (Å²) in [4.78, 5) is 47.2. The van der Waals surface area contributed by atoms with Gasteiger partial charge in [-0.2, -0.15) is 0 Å². The second kappa shape index (κ2) is 24.3. The van der Waals surface area contributed by atoms with Gasteiger partial charge in [-0.05, 0) is 81.7 Å². The highest BCUT2D eigenvalue weighted by Gasteiger charge is 2.24. The fourth-order valence-electron chi connectivity index (χ4n) is 4.68. The normalized spacial score (nSPS) is 14.8. The van der Waals surface area contributed by atoms with Crippen LogP contribution in [0.2, 0.25) is 5.02 Å². The Bertz CT molecular complexity index is 1320. The first kappa shape index (κ1) is 43.1. The van der Waals surface area contributed by atoms with E-state index in [1.807, 2.05) is 46.8 Å². The van der Waals surface area contributed by atoms with Crippen molar-refractivity contribution in [3.63, 3.8) is 0 Å². The van der Waals surface area contributed by atoms with Gasteiger partial charge in [0.15, 0.2) is 6.10 Å². The van der Waals surface area contributed by atoms with Gasteiger partial charge in [0.25, 0.3) is 0 Å². The lowest BCUT2D eigenvalue weighted by Crippen LogP contribution is -2.47. The molecule has 0 heterocycles. The minimum Gasteiger partial charge on any atom is -0.495 e. The molecule has 0 fully saturated rings. The Balaban J connectivity index is 0.000000721. The van der Waals surface area contributed by atoms with E-state index >= 15 is 0 Å². The third kappa shape index (κ3) is 17.9. The Morgan fingerprint density at radius 1 is 1.04 bits per heavy atom. The fourth-order valence-corrected chi connectivity index (χ4v) is 4.96. The van der Waals surface area contributed by atoms with E-state index in [1.165, 1.54) is 13.2 Å². The summed E-state index contributed by atoms with van der Waals surface area (Å²) >= 11 is 6.21. The summed E-state index contributed by atoms with van der Waals surface area (Å²) in [6.45, 7) is 12.0. The minimum atomic E-state index is -0.757. The van der Waals surface area contributed by atoms with Crippen molar-refractivity contribution in [1.29, 1.82) is 0 Å². The number of nitrogens with one attached hydrogen (secondary N) is 2. The van der Waals surface area contributed by atoms with Gasteiger partial charge in [-0.25, -0.2) is 4.79 Å². The third-order valence-electron chi connectivity index (χ3n) is 7.27. The second-order valence-electron chi connectivity index (χ2n) is 11.9. The lowest BCUT2D eigenvalue weighted by Gasteiger charge is -2.19. The summed E-state index contributed by atoms with van der Waals surface area (Å²) in [6.07, 6.45) is 16.5. The number of carbonyl (C=O) groups is 4. The molecule has 1 aromatic carbocycles. The number of ether oxygens (including phenoxy) is 4. The number of esters is 2. The maximum atomic E-state index is 12.5. The molecule has 272 valence electrons. The smallest absolute Gasteiger partial charge is 0.347 e. The van der Waals surface area contributed by atoms with Crippen LogP contribution in [0.5, 0.6) is 5.75 Å². The first-order valence-electron chi connectivity index (χ1n) is 16.9. The number of benzene rings is 1. The zero-order valence-electron chi connectivity index (χ0n) is 30.3. The molecule has 0 aromatic heterocycles. The van der Waals surface area contributed by atoms with Crippen LogP contribution in [0.1, 0.15) is 79.2 Å². The van der Waals surface area contributed by atoms with E-state index < -0.39 is 18.1 Å². The summed E-state index contributed by atoms with van der Waals surface area (Å²) in [5, 5.41) is 6.03. The van der Waals surface area contributed by atoms with Crippen LogP contribution in [0.3, 0.4) is 0 Å². The summed E-state index contributed by atoms with van der Waals surface area (Å²) in [5.41, 5.74) is 1.97. The van der Waals surface area contributed by atoms with E-state index in [-0.39, 0.29) is 42.3 Å². The molecule has 0 unspecified atom stereocenters. The van der Waals surface area contributed by atoms with Crippen LogP contribution in [0.4, 0.5) is 0 Å². The molecule has 0 spiro atoms. The number of likely N-dealkylation sites (N-methyl/N-ethyl adjacent to an activating group) is 1. The van der Waals surface area contributed by atoms with E-state index in [4.69, 9.17) is 25.8 Å². The number of methoxy groups -OCH3 is 2. The van der Waals surface area contributed by atoms with Gasteiger partial charge in [-0.1, -0.05) is 74.9 Å². The molecule has 1 aromatic rings. The van der Waals surface area contributed by atoms with Gasteiger partial charge in [0.2, 0.25) is 11.8 Å². The molecule has 0 bridgehead atoms. The number of allylic oxidation sites excluding steroid dienone is 5. The van der Waals surface area contributed by atoms with Gasteiger partial charge < -0.3 is 29.6 Å². The van der Waals surface area contributed by atoms with Gasteiger partial charge in [0.1, 0.15) is 11.8 Å². The Morgan fingerprint density at radius 2 is 1.78 bits per heavy atom. The van der Waals surface area contributed by atoms with E-state index in [2.05, 4.69) is 45.8 Å². The van der Waals surface area contributed by atoms with Crippen molar-refractivity contribution in [3.05, 3.63) is 76.9 Å². The Hall–Kier alpha value is -3.89. The van der Waals surface area contributed by atoms with Gasteiger partial charge in [0, 0.05) is 19.4 Å². The molecule has 10 nitrogen and oxygen atoms in total. The molecular weight excluding hydrogens is 648 g/mol. The quantitative estimate of drug-likeness (QED) is 0.129. The molecule has 0 radical (unpaired) electrons. The number of carbonyl (C=O) groups excluding carboxylic acids is 4. The lowest BCUT2D eigenvalue weighted by atomic mass is 10.0. The molecule has 0 saturated carbocycles. The molecular formula is C38H55ClN2O8. The highest BCUT2D eigenvalue weighted by Crippen LogP contribution is 2.25. The summed E-state index contributed by atoms with van der Waals surface area (Å²) in [5.74, 6) is -0.577. The fraction of sp³-hybridized carbons (Fsp3) is 0.526. The van der Waals surface area contributed by atoms with Crippen LogP contribution < -0.4 is 15.4 Å². The van der Waals surface area contributed by atoms with Crippen molar-refractivity contribution in [2.24, 2.45) is 5.92 Å². The van der Waals surface area contributed by atoms with Crippen molar-refractivity contribution < 1.29 is 38.1 Å². The van der Waals surface area contributed by atoms with Crippen LogP contribution in [0, 0.1) is 5.92 Å². The van der Waals surface area contributed by atoms with E-state index in [0.29, 0.717) is 36.6 Å². The molecule has 4 atom stereocenters. The third-order valence-corrected chi connectivity index (χ3v) is 7.57. The van der Waals surface area contributed by atoms with Gasteiger partial charge in [0.05, 0.1) is 31.5 Å². The zero-order valence-corrected chi connectivity index (χ0v) is 31.0. The van der Waals surface area contributed by atoms with Gasteiger partial charge in [-0.3, -0.25) is 14.4 Å². The van der Waals surface area contributed by atoms with E-state index in [0.717, 1.165) is 24.0 Å². The molecule has 49 heavy (non-hydrogen) atoms. The summed E-state index contributed by atoms with van der Waals surface area (Å²) in [6, 6.07) is 4.61. The first-order chi connectivity index (χ1) is 23.3. The molecule has 2 amide bonds. The van der Waals surface area contributed by atoms with Crippen molar-refractivity contribution >= 4 is 35.4 Å². The molecule has 0 aliphatic heterocycles. The SMILES string of the molecule is CCC(=O)O[C@@H](CC(C)C)C(=O)OC.CCNC(=O)[C@@H](Cc1ccc(OC)c(Cl)c1)NC(=O)/C=C/CC[C@H](C)O[C@@H](C)C1=CC=CCC=C1. The zero-order chi connectivity index (χ0) is 36.8. The molecule has 1 aliphatic rings. The first-order valence-corrected chi connectivity index (χ1v) is 17.3. The van der Waals surface area contributed by atoms with Crippen molar-refractivity contribution in [2.75, 3.05) is 20.8 Å². The second-order valence-corrected chi connectivity index (χ2v) is 12.3. The summed E-state index contributed by atoms with van der Waals surface area (Å²) < 4.78 is 20.8. The van der Waals surface area contributed by atoms with Crippen LogP contribution in [0.25, 0.3) is 0 Å². The van der Waals surface area contributed by atoms with Gasteiger partial charge >= 0.3 is 11.9 Å². The highest BCUT2D eigenvalue weighted by molar-refractivity contribution is 6.32. The van der Waals surface area contributed by atoms with E-state index in [1.54, 1.807) is 26.2 Å². The van der Waals surface area contributed by atoms with Crippen LogP contribution >= 0.6 is 11.6 Å². The number of hydrogen-bond acceptors (Lipinski definition) is 8. The molecule has 2 rings (SSSR count). The number of halogens is 1. The monoisotopic (exact) mass is 702 g/mol.